The van der Waals surface area contributed by atoms with Crippen molar-refractivity contribution in [2.75, 3.05) is 12.4 Å². The number of nitrogens with one attached hydrogen (secondary N) is 1. The minimum atomic E-state index is -0.481. The first-order valence-corrected chi connectivity index (χ1v) is 5.86. The molecule has 19 heavy (non-hydrogen) atoms. The molecule has 0 radical (unpaired) electrons. The van der Waals surface area contributed by atoms with Gasteiger partial charge in [0.25, 0.3) is 0 Å². The average Bonchev–Trinajstić information content (AvgIpc) is 2.42. The van der Waals surface area contributed by atoms with E-state index in [2.05, 4.69) is 20.0 Å². The van der Waals surface area contributed by atoms with Crippen molar-refractivity contribution in [1.29, 1.82) is 0 Å². The topological polar surface area (TPSA) is 64.1 Å². The number of ether oxygens (including phenoxy) is 1. The Bertz CT molecular complexity index is 611. The van der Waals surface area contributed by atoms with Gasteiger partial charge in [-0.25, -0.2) is 14.8 Å². The number of rotatable bonds is 3. The normalized spacial score (nSPS) is 10.1. The molecule has 0 fully saturated rings. The van der Waals surface area contributed by atoms with Gasteiger partial charge in [0, 0.05) is 11.9 Å². The summed E-state index contributed by atoms with van der Waals surface area (Å²) in [6, 6.07) is 7.47. The van der Waals surface area contributed by atoms with Crippen LogP contribution in [0.3, 0.4) is 0 Å². The van der Waals surface area contributed by atoms with Gasteiger partial charge in [-0.3, -0.25) is 0 Å². The first-order chi connectivity index (χ1) is 9.10. The smallest absolute Gasteiger partial charge is 0.356 e. The SMILES string of the molecule is COC(=O)c1ccnc(Nc2ccc(C)c(C)c2)n1. The lowest BCUT2D eigenvalue weighted by Gasteiger charge is -2.07. The molecule has 5 heteroatoms. The van der Waals surface area contributed by atoms with Gasteiger partial charge in [0.1, 0.15) is 0 Å². The second kappa shape index (κ2) is 5.48. The summed E-state index contributed by atoms with van der Waals surface area (Å²) in [5.74, 6) is -0.114. The third kappa shape index (κ3) is 3.07. The number of esters is 1. The van der Waals surface area contributed by atoms with E-state index in [9.17, 15) is 4.79 Å². The highest BCUT2D eigenvalue weighted by molar-refractivity contribution is 5.87. The Kier molecular flexibility index (Phi) is 3.75. The Morgan fingerprint density at radius 3 is 2.68 bits per heavy atom. The number of hydrogen-bond acceptors (Lipinski definition) is 5. The maximum absolute atomic E-state index is 11.4. The summed E-state index contributed by atoms with van der Waals surface area (Å²) in [6.45, 7) is 4.08. The van der Waals surface area contributed by atoms with Gasteiger partial charge in [-0.15, -0.1) is 0 Å². The number of aryl methyl sites for hydroxylation is 2. The van der Waals surface area contributed by atoms with Crippen LogP contribution in [0.4, 0.5) is 11.6 Å². The second-order valence-corrected chi connectivity index (χ2v) is 4.18. The maximum Gasteiger partial charge on any atom is 0.356 e. The van der Waals surface area contributed by atoms with Crippen molar-refractivity contribution in [3.05, 3.63) is 47.3 Å². The van der Waals surface area contributed by atoms with Crippen LogP contribution >= 0.6 is 0 Å². The molecule has 0 saturated heterocycles. The van der Waals surface area contributed by atoms with Crippen molar-refractivity contribution in [1.82, 2.24) is 9.97 Å². The molecule has 0 amide bonds. The molecule has 0 spiro atoms. The van der Waals surface area contributed by atoms with Crippen LogP contribution in [0.15, 0.2) is 30.5 Å². The fourth-order valence-corrected chi connectivity index (χ4v) is 1.59. The molecule has 0 aliphatic heterocycles. The quantitative estimate of drug-likeness (QED) is 0.856. The number of anilines is 2. The van der Waals surface area contributed by atoms with Gasteiger partial charge in [0.2, 0.25) is 5.95 Å². The summed E-state index contributed by atoms with van der Waals surface area (Å²) in [4.78, 5) is 19.5. The van der Waals surface area contributed by atoms with Crippen molar-refractivity contribution in [2.45, 2.75) is 13.8 Å². The number of nitrogens with zero attached hydrogens (tertiary/aromatic N) is 2. The number of carbonyl (C=O) groups excluding carboxylic acids is 1. The van der Waals surface area contributed by atoms with E-state index in [4.69, 9.17) is 0 Å². The molecule has 0 bridgehead atoms. The predicted octanol–water partition coefficient (Wildman–Crippen LogP) is 2.62. The first kappa shape index (κ1) is 13.0. The van der Waals surface area contributed by atoms with E-state index in [1.807, 2.05) is 32.0 Å². The van der Waals surface area contributed by atoms with Gasteiger partial charge in [0.15, 0.2) is 5.69 Å². The van der Waals surface area contributed by atoms with Crippen LogP contribution in [-0.4, -0.2) is 23.0 Å². The van der Waals surface area contributed by atoms with E-state index < -0.39 is 5.97 Å². The number of hydrogen-bond donors (Lipinski definition) is 1. The number of benzene rings is 1. The van der Waals surface area contributed by atoms with Crippen LogP contribution in [0.2, 0.25) is 0 Å². The molecule has 2 rings (SSSR count). The van der Waals surface area contributed by atoms with E-state index in [-0.39, 0.29) is 5.69 Å². The molecule has 5 nitrogen and oxygen atoms in total. The summed E-state index contributed by atoms with van der Waals surface area (Å²) in [7, 11) is 1.32. The third-order valence-electron chi connectivity index (χ3n) is 2.81. The fraction of sp³-hybridized carbons (Fsp3) is 0.214. The molecule has 0 unspecified atom stereocenters. The van der Waals surface area contributed by atoms with Crippen molar-refractivity contribution in [2.24, 2.45) is 0 Å². The monoisotopic (exact) mass is 257 g/mol. The highest BCUT2D eigenvalue weighted by Gasteiger charge is 2.08. The van der Waals surface area contributed by atoms with Crippen molar-refractivity contribution >= 4 is 17.6 Å². The summed E-state index contributed by atoms with van der Waals surface area (Å²) in [5.41, 5.74) is 3.50. The Balaban J connectivity index is 2.23. The zero-order valence-electron chi connectivity index (χ0n) is 11.1. The van der Waals surface area contributed by atoms with Crippen molar-refractivity contribution < 1.29 is 9.53 Å². The van der Waals surface area contributed by atoms with E-state index in [1.165, 1.54) is 30.5 Å². The van der Waals surface area contributed by atoms with Crippen molar-refractivity contribution in [3.63, 3.8) is 0 Å². The zero-order chi connectivity index (χ0) is 13.8. The lowest BCUT2D eigenvalue weighted by Crippen LogP contribution is -2.07. The summed E-state index contributed by atoms with van der Waals surface area (Å²) >= 11 is 0. The number of methoxy groups -OCH3 is 1. The molecular weight excluding hydrogens is 242 g/mol. The molecule has 0 atom stereocenters. The molecule has 0 aliphatic carbocycles. The van der Waals surface area contributed by atoms with Crippen molar-refractivity contribution in [3.8, 4) is 0 Å². The second-order valence-electron chi connectivity index (χ2n) is 4.18. The zero-order valence-corrected chi connectivity index (χ0v) is 11.1. The molecular formula is C14H15N3O2. The van der Waals surface area contributed by atoms with Gasteiger partial charge in [0.05, 0.1) is 7.11 Å². The molecule has 1 aromatic heterocycles. The highest BCUT2D eigenvalue weighted by Crippen LogP contribution is 2.17. The summed E-state index contributed by atoms with van der Waals surface area (Å²) < 4.78 is 4.62. The molecule has 98 valence electrons. The molecule has 0 saturated carbocycles. The van der Waals surface area contributed by atoms with Gasteiger partial charge in [-0.1, -0.05) is 6.07 Å². The molecule has 0 aliphatic rings. The molecule has 1 N–H and O–H groups in total. The van der Waals surface area contributed by atoms with Crippen LogP contribution in [0, 0.1) is 13.8 Å². The predicted molar refractivity (Wildman–Crippen MR) is 72.6 cm³/mol. The minimum absolute atomic E-state index is 0.226. The van der Waals surface area contributed by atoms with E-state index >= 15 is 0 Å². The lowest BCUT2D eigenvalue weighted by molar-refractivity contribution is 0.0594. The van der Waals surface area contributed by atoms with Crippen LogP contribution in [-0.2, 0) is 4.74 Å². The molecule has 1 aromatic carbocycles. The van der Waals surface area contributed by atoms with Gasteiger partial charge in [-0.05, 0) is 43.2 Å². The van der Waals surface area contributed by atoms with Gasteiger partial charge in [-0.2, -0.15) is 0 Å². The standard InChI is InChI=1S/C14H15N3O2/c1-9-4-5-11(8-10(9)2)16-14-15-7-6-12(17-14)13(18)19-3/h4-8H,1-3H3,(H,15,16,17). The summed E-state index contributed by atoms with van der Waals surface area (Å²) in [5, 5.41) is 3.06. The van der Waals surface area contributed by atoms with Crippen LogP contribution in [0.25, 0.3) is 0 Å². The maximum atomic E-state index is 11.4. The van der Waals surface area contributed by atoms with E-state index in [0.29, 0.717) is 5.95 Å². The Labute approximate surface area is 111 Å². The highest BCUT2D eigenvalue weighted by atomic mass is 16.5. The average molecular weight is 257 g/mol. The van der Waals surface area contributed by atoms with Crippen LogP contribution in [0.1, 0.15) is 21.6 Å². The van der Waals surface area contributed by atoms with Gasteiger partial charge >= 0.3 is 5.97 Å². The number of carbonyl (C=O) groups is 1. The Morgan fingerprint density at radius 2 is 2.00 bits per heavy atom. The first-order valence-electron chi connectivity index (χ1n) is 5.86. The number of aromatic nitrogens is 2. The van der Waals surface area contributed by atoms with Crippen LogP contribution in [0.5, 0.6) is 0 Å². The molecule has 2 aromatic rings. The fourth-order valence-electron chi connectivity index (χ4n) is 1.59. The van der Waals surface area contributed by atoms with Crippen LogP contribution < -0.4 is 5.32 Å². The van der Waals surface area contributed by atoms with E-state index in [1.54, 1.807) is 0 Å². The summed E-state index contributed by atoms with van der Waals surface area (Å²) in [6.07, 6.45) is 1.52. The lowest BCUT2D eigenvalue weighted by atomic mass is 10.1. The Morgan fingerprint density at radius 1 is 1.21 bits per heavy atom. The minimum Gasteiger partial charge on any atom is -0.464 e. The third-order valence-corrected chi connectivity index (χ3v) is 2.81. The molecule has 1 heterocycles. The largest absolute Gasteiger partial charge is 0.464 e. The van der Waals surface area contributed by atoms with Gasteiger partial charge < -0.3 is 10.1 Å². The van der Waals surface area contributed by atoms with E-state index in [0.717, 1.165) is 5.69 Å². The Hall–Kier alpha value is -2.43.